The molecule has 0 fully saturated rings. The molecule has 0 aromatic carbocycles. The molecule has 0 radical (unpaired) electrons. The fraction of sp³-hybridized carbons (Fsp3) is 0. The summed E-state index contributed by atoms with van der Waals surface area (Å²) in [6.45, 7) is 0. The highest BCUT2D eigenvalue weighted by Gasteiger charge is 2.14. The van der Waals surface area contributed by atoms with Crippen molar-refractivity contribution in [2.75, 3.05) is 0 Å². The number of nitrogens with zero attached hydrogens (tertiary/aromatic N) is 1. The summed E-state index contributed by atoms with van der Waals surface area (Å²) in [5.41, 5.74) is 0. The second-order valence-corrected chi connectivity index (χ2v) is 3.61. The standard InChI is InChI=1S/C3HBrN2O2S/c4-3-5-1-2(9-3)6(7)8/h1H/p+1. The third-order valence-electron chi connectivity index (χ3n) is 0.683. The second kappa shape index (κ2) is 2.40. The number of thiazole rings is 1. The Bertz CT molecular complexity index is 235. The predicted molar refractivity (Wildman–Crippen MR) is 35.2 cm³/mol. The zero-order valence-electron chi connectivity index (χ0n) is 4.13. The molecule has 1 aromatic heterocycles. The average molecular weight is 210 g/mol. The van der Waals surface area contributed by atoms with Gasteiger partial charge in [-0.05, 0) is 0 Å². The molecular formula is C3H2BrN2O2S+. The summed E-state index contributed by atoms with van der Waals surface area (Å²) in [4.78, 5) is 12.2. The van der Waals surface area contributed by atoms with Crippen LogP contribution in [-0.4, -0.2) is 4.92 Å². The van der Waals surface area contributed by atoms with E-state index in [4.69, 9.17) is 0 Å². The third kappa shape index (κ3) is 1.46. The lowest BCUT2D eigenvalue weighted by atomic mass is 10.9. The van der Waals surface area contributed by atoms with Crippen molar-refractivity contribution in [3.8, 4) is 0 Å². The quantitative estimate of drug-likeness (QED) is 0.517. The van der Waals surface area contributed by atoms with Crippen LogP contribution >= 0.6 is 27.3 Å². The molecular weight excluding hydrogens is 208 g/mol. The Morgan fingerprint density at radius 2 is 2.56 bits per heavy atom. The number of nitrogens with one attached hydrogen (secondary N) is 1. The number of nitro groups is 1. The van der Waals surface area contributed by atoms with Gasteiger partial charge in [0.1, 0.15) is 0 Å². The number of aromatic nitrogens is 1. The molecule has 0 bridgehead atoms. The summed E-state index contributed by atoms with van der Waals surface area (Å²) >= 11 is 4.12. The van der Waals surface area contributed by atoms with Crippen molar-refractivity contribution in [1.82, 2.24) is 0 Å². The van der Waals surface area contributed by atoms with E-state index >= 15 is 0 Å². The molecule has 1 rings (SSSR count). The fourth-order valence-corrected chi connectivity index (χ4v) is 1.47. The van der Waals surface area contributed by atoms with Gasteiger partial charge in [-0.15, -0.1) is 0 Å². The Balaban J connectivity index is 2.98. The number of rotatable bonds is 1. The predicted octanol–water partition coefficient (Wildman–Crippen LogP) is 1.23. The largest absolute Gasteiger partial charge is 0.393 e. The van der Waals surface area contributed by atoms with Gasteiger partial charge in [0.2, 0.25) is 0 Å². The van der Waals surface area contributed by atoms with E-state index in [-0.39, 0.29) is 5.00 Å². The smallest absolute Gasteiger partial charge is 0.257 e. The lowest BCUT2D eigenvalue weighted by Gasteiger charge is -1.73. The van der Waals surface area contributed by atoms with Gasteiger partial charge < -0.3 is 0 Å². The van der Waals surface area contributed by atoms with Crippen molar-refractivity contribution in [3.63, 3.8) is 0 Å². The molecule has 9 heavy (non-hydrogen) atoms. The molecule has 1 N–H and O–H groups in total. The van der Waals surface area contributed by atoms with E-state index in [2.05, 4.69) is 20.9 Å². The number of hydrogen-bond donors (Lipinski definition) is 0. The van der Waals surface area contributed by atoms with E-state index in [1.807, 2.05) is 0 Å². The number of H-pyrrole nitrogens is 1. The number of halogens is 1. The van der Waals surface area contributed by atoms with Gasteiger partial charge in [0.15, 0.2) is 0 Å². The van der Waals surface area contributed by atoms with Crippen molar-refractivity contribution in [3.05, 3.63) is 20.2 Å². The minimum atomic E-state index is -0.439. The minimum Gasteiger partial charge on any atom is -0.257 e. The van der Waals surface area contributed by atoms with Crippen LogP contribution in [0.15, 0.2) is 10.1 Å². The van der Waals surface area contributed by atoms with Crippen LogP contribution in [-0.2, 0) is 0 Å². The van der Waals surface area contributed by atoms with Gasteiger partial charge in [0.05, 0.1) is 4.92 Å². The highest BCUT2D eigenvalue weighted by Crippen LogP contribution is 2.21. The van der Waals surface area contributed by atoms with Crippen molar-refractivity contribution in [1.29, 1.82) is 0 Å². The number of hydrogen-bond acceptors (Lipinski definition) is 3. The molecule has 0 saturated heterocycles. The highest BCUT2D eigenvalue weighted by atomic mass is 79.9. The van der Waals surface area contributed by atoms with Crippen molar-refractivity contribution in [2.45, 2.75) is 0 Å². The van der Waals surface area contributed by atoms with E-state index in [0.717, 1.165) is 11.3 Å². The van der Waals surface area contributed by atoms with Crippen LogP contribution in [0.5, 0.6) is 0 Å². The molecule has 1 heterocycles. The molecule has 0 spiro atoms. The summed E-state index contributed by atoms with van der Waals surface area (Å²) in [5, 5.41) is 10.1. The Labute approximate surface area is 62.8 Å². The van der Waals surface area contributed by atoms with E-state index in [1.165, 1.54) is 6.20 Å². The third-order valence-corrected chi connectivity index (χ3v) is 2.17. The maximum absolute atomic E-state index is 9.99. The molecule has 0 unspecified atom stereocenters. The molecule has 0 aliphatic carbocycles. The second-order valence-electron chi connectivity index (χ2n) is 1.26. The number of aromatic amines is 1. The SMILES string of the molecule is O=[N+]([O-])c1c[nH+]c(Br)s1. The Morgan fingerprint density at radius 1 is 1.89 bits per heavy atom. The molecule has 0 amide bonds. The first-order valence-electron chi connectivity index (χ1n) is 2.01. The molecule has 48 valence electrons. The van der Waals surface area contributed by atoms with Crippen LogP contribution in [0.25, 0.3) is 0 Å². The maximum atomic E-state index is 9.99. The summed E-state index contributed by atoms with van der Waals surface area (Å²) in [6, 6.07) is 0. The van der Waals surface area contributed by atoms with Crippen LogP contribution in [0.1, 0.15) is 0 Å². The maximum Gasteiger partial charge on any atom is 0.393 e. The van der Waals surface area contributed by atoms with Crippen LogP contribution in [0, 0.1) is 10.1 Å². The van der Waals surface area contributed by atoms with Gasteiger partial charge in [-0.3, -0.25) is 10.1 Å². The van der Waals surface area contributed by atoms with Gasteiger partial charge in [0, 0.05) is 27.3 Å². The highest BCUT2D eigenvalue weighted by molar-refractivity contribution is 9.11. The molecule has 0 atom stereocenters. The van der Waals surface area contributed by atoms with Crippen LogP contribution in [0.4, 0.5) is 5.00 Å². The lowest BCUT2D eigenvalue weighted by molar-refractivity contribution is -0.413. The fourth-order valence-electron chi connectivity index (χ4n) is 0.359. The van der Waals surface area contributed by atoms with Gasteiger partial charge in [-0.2, -0.15) is 4.98 Å². The van der Waals surface area contributed by atoms with Gasteiger partial charge in [0.25, 0.3) is 6.20 Å². The van der Waals surface area contributed by atoms with E-state index < -0.39 is 4.92 Å². The van der Waals surface area contributed by atoms with Crippen molar-refractivity contribution in [2.24, 2.45) is 0 Å². The first-order valence-corrected chi connectivity index (χ1v) is 3.62. The summed E-state index contributed by atoms with van der Waals surface area (Å²) in [7, 11) is 0. The van der Waals surface area contributed by atoms with Crippen LogP contribution in [0.2, 0.25) is 0 Å². The average Bonchev–Trinajstić information content (AvgIpc) is 2.14. The summed E-state index contributed by atoms with van der Waals surface area (Å²) < 4.78 is 0.661. The van der Waals surface area contributed by atoms with Gasteiger partial charge >= 0.3 is 8.92 Å². The zero-order chi connectivity index (χ0) is 6.85. The molecule has 0 aliphatic heterocycles. The van der Waals surface area contributed by atoms with Crippen LogP contribution < -0.4 is 4.98 Å². The van der Waals surface area contributed by atoms with E-state index in [0.29, 0.717) is 3.92 Å². The van der Waals surface area contributed by atoms with Crippen molar-refractivity contribution < 1.29 is 9.91 Å². The zero-order valence-corrected chi connectivity index (χ0v) is 6.53. The normalized spacial score (nSPS) is 9.44. The van der Waals surface area contributed by atoms with Gasteiger partial charge in [-0.25, -0.2) is 0 Å². The van der Waals surface area contributed by atoms with E-state index in [1.54, 1.807) is 0 Å². The Morgan fingerprint density at radius 3 is 2.78 bits per heavy atom. The minimum absolute atomic E-state index is 0.113. The molecule has 0 aliphatic rings. The van der Waals surface area contributed by atoms with E-state index in [9.17, 15) is 10.1 Å². The topological polar surface area (TPSA) is 57.3 Å². The van der Waals surface area contributed by atoms with Crippen LogP contribution in [0.3, 0.4) is 0 Å². The molecule has 6 heteroatoms. The molecule has 1 aromatic rings. The summed E-state index contributed by atoms with van der Waals surface area (Å²) in [5.74, 6) is 0. The molecule has 4 nitrogen and oxygen atoms in total. The Kier molecular flexibility index (Phi) is 1.77. The first kappa shape index (κ1) is 6.63. The lowest BCUT2D eigenvalue weighted by Crippen LogP contribution is -1.93. The Hall–Kier alpha value is -0.490. The van der Waals surface area contributed by atoms with Crippen molar-refractivity contribution >= 4 is 32.3 Å². The summed E-state index contributed by atoms with van der Waals surface area (Å²) in [6.07, 6.45) is 1.34. The monoisotopic (exact) mass is 209 g/mol. The van der Waals surface area contributed by atoms with Gasteiger partial charge in [-0.1, -0.05) is 0 Å². The first-order chi connectivity index (χ1) is 4.20. The molecule has 0 saturated carbocycles.